The van der Waals surface area contributed by atoms with E-state index < -0.39 is 20.7 Å². The summed E-state index contributed by atoms with van der Waals surface area (Å²) >= 11 is 0. The van der Waals surface area contributed by atoms with Crippen LogP contribution in [-0.2, 0) is 19.6 Å². The number of methoxy groups -OCH3 is 1. The van der Waals surface area contributed by atoms with E-state index in [9.17, 15) is 22.4 Å². The number of halogens is 1. The first-order valence-corrected chi connectivity index (χ1v) is 12.3. The third-order valence-electron chi connectivity index (χ3n) is 5.74. The highest BCUT2D eigenvalue weighted by Gasteiger charge is 2.31. The molecule has 2 aliphatic heterocycles. The Hall–Kier alpha value is -2.08. The molecule has 0 aromatic heterocycles. The molecule has 2 fully saturated rings. The van der Waals surface area contributed by atoms with Crippen molar-refractivity contribution in [3.63, 3.8) is 0 Å². The van der Waals surface area contributed by atoms with Gasteiger partial charge in [0.15, 0.2) is 0 Å². The molecule has 1 aromatic carbocycles. The number of rotatable bonds is 9. The predicted molar refractivity (Wildman–Crippen MR) is 116 cm³/mol. The van der Waals surface area contributed by atoms with Crippen LogP contribution in [-0.4, -0.2) is 100 Å². The van der Waals surface area contributed by atoms with Crippen molar-refractivity contribution >= 4 is 21.8 Å². The first-order chi connectivity index (χ1) is 15.3. The van der Waals surface area contributed by atoms with Gasteiger partial charge in [0, 0.05) is 65.1 Å². The fourth-order valence-electron chi connectivity index (χ4n) is 3.90. The van der Waals surface area contributed by atoms with Crippen LogP contribution in [0.4, 0.5) is 4.39 Å². The maximum absolute atomic E-state index is 14.3. The van der Waals surface area contributed by atoms with Crippen molar-refractivity contribution in [2.24, 2.45) is 0 Å². The smallest absolute Gasteiger partial charge is 0.253 e. The number of carbonyl (C=O) groups is 2. The largest absolute Gasteiger partial charge is 0.385 e. The van der Waals surface area contributed by atoms with E-state index in [4.69, 9.17) is 4.74 Å². The summed E-state index contributed by atoms with van der Waals surface area (Å²) in [6.45, 7) is 3.98. The van der Waals surface area contributed by atoms with Gasteiger partial charge >= 0.3 is 0 Å². The second-order valence-corrected chi connectivity index (χ2v) is 9.93. The zero-order valence-corrected chi connectivity index (χ0v) is 19.2. The van der Waals surface area contributed by atoms with Crippen molar-refractivity contribution in [2.75, 3.05) is 66.1 Å². The number of piperazine rings is 1. The van der Waals surface area contributed by atoms with Gasteiger partial charge in [-0.1, -0.05) is 0 Å². The van der Waals surface area contributed by atoms with Gasteiger partial charge in [-0.15, -0.1) is 0 Å². The minimum absolute atomic E-state index is 0.0730. The molecule has 2 aliphatic rings. The highest BCUT2D eigenvalue weighted by Crippen LogP contribution is 2.25. The molecular weight excluding hydrogens is 439 g/mol. The molecule has 0 unspecified atom stereocenters. The minimum atomic E-state index is -3.96. The van der Waals surface area contributed by atoms with Gasteiger partial charge in [-0.3, -0.25) is 14.5 Å². The van der Waals surface area contributed by atoms with Gasteiger partial charge in [-0.25, -0.2) is 12.8 Å². The van der Waals surface area contributed by atoms with Crippen molar-refractivity contribution < 1.29 is 27.1 Å². The molecule has 32 heavy (non-hydrogen) atoms. The van der Waals surface area contributed by atoms with Crippen LogP contribution < -0.4 is 5.32 Å². The molecule has 178 valence electrons. The standard InChI is InChI=1S/C21H31FN4O5S/c1-31-14-4-7-23-20(27)16-24-10-12-25(13-11-24)21(28)17-5-6-18(22)19(15-17)32(29,30)26-8-2-3-9-26/h5-6,15H,2-4,7-14,16H2,1H3,(H,23,27). The molecule has 0 aliphatic carbocycles. The van der Waals surface area contributed by atoms with E-state index in [0.717, 1.165) is 31.4 Å². The lowest BCUT2D eigenvalue weighted by atomic mass is 10.1. The first-order valence-electron chi connectivity index (χ1n) is 10.9. The van der Waals surface area contributed by atoms with Crippen molar-refractivity contribution in [1.82, 2.24) is 19.4 Å². The Kier molecular flexibility index (Phi) is 8.57. The Morgan fingerprint density at radius 3 is 2.44 bits per heavy atom. The van der Waals surface area contributed by atoms with Gasteiger partial charge in [-0.2, -0.15) is 4.31 Å². The van der Waals surface area contributed by atoms with Crippen LogP contribution in [0.1, 0.15) is 29.6 Å². The Bertz CT molecular complexity index is 913. The minimum Gasteiger partial charge on any atom is -0.385 e. The second kappa shape index (κ2) is 11.2. The summed E-state index contributed by atoms with van der Waals surface area (Å²) in [7, 11) is -2.35. The lowest BCUT2D eigenvalue weighted by Gasteiger charge is -2.34. The van der Waals surface area contributed by atoms with E-state index in [1.807, 2.05) is 4.90 Å². The number of amides is 2. The highest BCUT2D eigenvalue weighted by atomic mass is 32.2. The number of sulfonamides is 1. The SMILES string of the molecule is COCCCNC(=O)CN1CCN(C(=O)c2ccc(F)c(S(=O)(=O)N3CCCC3)c2)CC1. The molecule has 2 amide bonds. The van der Waals surface area contributed by atoms with E-state index in [0.29, 0.717) is 52.4 Å². The van der Waals surface area contributed by atoms with Gasteiger partial charge in [-0.05, 0) is 37.5 Å². The Morgan fingerprint density at radius 2 is 1.78 bits per heavy atom. The third-order valence-corrected chi connectivity index (χ3v) is 7.65. The summed E-state index contributed by atoms with van der Waals surface area (Å²) in [5.41, 5.74) is 0.147. The summed E-state index contributed by atoms with van der Waals surface area (Å²) < 4.78 is 46.1. The van der Waals surface area contributed by atoms with Crippen LogP contribution in [0, 0.1) is 5.82 Å². The van der Waals surface area contributed by atoms with Crippen molar-refractivity contribution in [2.45, 2.75) is 24.2 Å². The average Bonchev–Trinajstić information content (AvgIpc) is 3.33. The fraction of sp³-hybridized carbons (Fsp3) is 0.619. The quantitative estimate of drug-likeness (QED) is 0.529. The Balaban J connectivity index is 1.57. The number of carbonyl (C=O) groups excluding carboxylic acids is 2. The van der Waals surface area contributed by atoms with Crippen molar-refractivity contribution in [3.8, 4) is 0 Å². The maximum atomic E-state index is 14.3. The molecule has 1 N–H and O–H groups in total. The van der Waals surface area contributed by atoms with E-state index in [2.05, 4.69) is 5.32 Å². The number of hydrogen-bond acceptors (Lipinski definition) is 6. The topological polar surface area (TPSA) is 99.3 Å². The van der Waals surface area contributed by atoms with Crippen LogP contribution in [0.25, 0.3) is 0 Å². The number of ether oxygens (including phenoxy) is 1. The molecular formula is C21H31FN4O5S. The van der Waals surface area contributed by atoms with Crippen molar-refractivity contribution in [3.05, 3.63) is 29.6 Å². The molecule has 0 atom stereocenters. The zero-order valence-electron chi connectivity index (χ0n) is 18.4. The number of nitrogens with zero attached hydrogens (tertiary/aromatic N) is 3. The summed E-state index contributed by atoms with van der Waals surface area (Å²) in [4.78, 5) is 28.1. The van der Waals surface area contributed by atoms with Gasteiger partial charge in [0.2, 0.25) is 15.9 Å². The number of benzene rings is 1. The molecule has 0 bridgehead atoms. The fourth-order valence-corrected chi connectivity index (χ4v) is 5.50. The average molecular weight is 471 g/mol. The lowest BCUT2D eigenvalue weighted by molar-refractivity contribution is -0.122. The van der Waals surface area contributed by atoms with E-state index in [1.165, 1.54) is 10.4 Å². The van der Waals surface area contributed by atoms with Crippen LogP contribution in [0.5, 0.6) is 0 Å². The summed E-state index contributed by atoms with van der Waals surface area (Å²) in [5.74, 6) is -1.27. The van der Waals surface area contributed by atoms with Gasteiger partial charge in [0.25, 0.3) is 5.91 Å². The van der Waals surface area contributed by atoms with Crippen LogP contribution in [0.15, 0.2) is 23.1 Å². The number of nitrogens with one attached hydrogen (secondary N) is 1. The van der Waals surface area contributed by atoms with E-state index >= 15 is 0 Å². The Morgan fingerprint density at radius 1 is 1.09 bits per heavy atom. The summed E-state index contributed by atoms with van der Waals surface area (Å²) in [5, 5.41) is 2.84. The first kappa shape index (κ1) is 24.6. The van der Waals surface area contributed by atoms with Gasteiger partial charge in [0.1, 0.15) is 10.7 Å². The van der Waals surface area contributed by atoms with E-state index in [1.54, 1.807) is 12.0 Å². The predicted octanol–water partition coefficient (Wildman–Crippen LogP) is 0.521. The molecule has 0 spiro atoms. The highest BCUT2D eigenvalue weighted by molar-refractivity contribution is 7.89. The normalized spacial score (nSPS) is 18.1. The van der Waals surface area contributed by atoms with Crippen molar-refractivity contribution in [1.29, 1.82) is 0 Å². The van der Waals surface area contributed by atoms with Crippen LogP contribution in [0.2, 0.25) is 0 Å². The summed E-state index contributed by atoms with van der Waals surface area (Å²) in [6, 6.07) is 3.51. The van der Waals surface area contributed by atoms with E-state index in [-0.39, 0.29) is 23.9 Å². The van der Waals surface area contributed by atoms with Gasteiger partial charge < -0.3 is 15.0 Å². The molecule has 11 heteroatoms. The maximum Gasteiger partial charge on any atom is 0.253 e. The number of hydrogen-bond donors (Lipinski definition) is 1. The third kappa shape index (κ3) is 6.03. The van der Waals surface area contributed by atoms with Crippen LogP contribution in [0.3, 0.4) is 0 Å². The molecule has 3 rings (SSSR count). The monoisotopic (exact) mass is 470 g/mol. The molecule has 2 heterocycles. The van der Waals surface area contributed by atoms with Crippen LogP contribution >= 0.6 is 0 Å². The summed E-state index contributed by atoms with van der Waals surface area (Å²) in [6.07, 6.45) is 2.24. The zero-order chi connectivity index (χ0) is 23.1. The molecule has 2 saturated heterocycles. The molecule has 0 radical (unpaired) electrons. The van der Waals surface area contributed by atoms with Gasteiger partial charge in [0.05, 0.1) is 6.54 Å². The molecule has 1 aromatic rings. The Labute approximate surface area is 188 Å². The second-order valence-electron chi connectivity index (χ2n) is 8.02. The molecule has 9 nitrogen and oxygen atoms in total. The lowest BCUT2D eigenvalue weighted by Crippen LogP contribution is -2.51. The molecule has 0 saturated carbocycles.